The van der Waals surface area contributed by atoms with Crippen molar-refractivity contribution in [3.63, 3.8) is 0 Å². The summed E-state index contributed by atoms with van der Waals surface area (Å²) in [5.41, 5.74) is 6.40. The number of aliphatic hydroxyl groups excluding tert-OH is 1. The zero-order valence-corrected chi connectivity index (χ0v) is 11.1. The summed E-state index contributed by atoms with van der Waals surface area (Å²) < 4.78 is 5.54. The van der Waals surface area contributed by atoms with Gasteiger partial charge in [-0.1, -0.05) is 6.92 Å². The molecule has 4 heteroatoms. The van der Waals surface area contributed by atoms with Crippen molar-refractivity contribution in [2.24, 2.45) is 17.1 Å². The molecule has 1 spiro atoms. The topological polar surface area (TPSA) is 58.7 Å². The van der Waals surface area contributed by atoms with E-state index in [1.165, 1.54) is 19.3 Å². The van der Waals surface area contributed by atoms with Crippen molar-refractivity contribution in [1.82, 2.24) is 4.90 Å². The second kappa shape index (κ2) is 4.84. The van der Waals surface area contributed by atoms with Crippen LogP contribution >= 0.6 is 0 Å². The molecule has 0 aromatic rings. The van der Waals surface area contributed by atoms with E-state index in [9.17, 15) is 5.11 Å². The molecule has 2 rings (SSSR count). The van der Waals surface area contributed by atoms with Gasteiger partial charge in [0, 0.05) is 32.2 Å². The van der Waals surface area contributed by atoms with Gasteiger partial charge in [0.15, 0.2) is 0 Å². The van der Waals surface area contributed by atoms with Gasteiger partial charge in [-0.25, -0.2) is 0 Å². The van der Waals surface area contributed by atoms with E-state index in [0.717, 1.165) is 26.3 Å². The van der Waals surface area contributed by atoms with E-state index in [1.807, 2.05) is 13.8 Å². The molecule has 3 N–H and O–H groups in total. The summed E-state index contributed by atoms with van der Waals surface area (Å²) in [4.78, 5) is 2.33. The molecule has 2 aliphatic heterocycles. The van der Waals surface area contributed by atoms with Crippen LogP contribution in [0.3, 0.4) is 0 Å². The Hall–Kier alpha value is -0.160. The Morgan fingerprint density at radius 1 is 1.41 bits per heavy atom. The van der Waals surface area contributed by atoms with Gasteiger partial charge in [0.05, 0.1) is 12.3 Å². The fourth-order valence-corrected chi connectivity index (χ4v) is 3.00. The lowest BCUT2D eigenvalue weighted by atomic mass is 9.77. The molecular formula is C13H26N2O2. The van der Waals surface area contributed by atoms with Crippen LogP contribution in [0.2, 0.25) is 0 Å². The van der Waals surface area contributed by atoms with E-state index in [0.29, 0.717) is 5.41 Å². The molecule has 0 aromatic carbocycles. The van der Waals surface area contributed by atoms with Gasteiger partial charge in [-0.3, -0.25) is 4.90 Å². The molecule has 2 saturated heterocycles. The SMILES string of the molecule is C[C@H](CO)[C@](C)(N)N1CCC2(CCOC2)CC1. The lowest BCUT2D eigenvalue weighted by molar-refractivity contribution is -0.0171. The summed E-state index contributed by atoms with van der Waals surface area (Å²) >= 11 is 0. The Kier molecular flexibility index (Phi) is 3.78. The molecule has 100 valence electrons. The Morgan fingerprint density at radius 3 is 2.53 bits per heavy atom. The summed E-state index contributed by atoms with van der Waals surface area (Å²) in [5.74, 6) is 0.108. The third-order valence-electron chi connectivity index (χ3n) is 4.96. The first-order chi connectivity index (χ1) is 8.00. The minimum absolute atomic E-state index is 0.108. The van der Waals surface area contributed by atoms with Gasteiger partial charge < -0.3 is 15.6 Å². The molecule has 17 heavy (non-hydrogen) atoms. The van der Waals surface area contributed by atoms with Crippen molar-refractivity contribution in [3.05, 3.63) is 0 Å². The molecular weight excluding hydrogens is 216 g/mol. The fourth-order valence-electron chi connectivity index (χ4n) is 3.00. The minimum atomic E-state index is -0.393. The Bertz CT molecular complexity index is 252. The van der Waals surface area contributed by atoms with Crippen molar-refractivity contribution < 1.29 is 9.84 Å². The van der Waals surface area contributed by atoms with Gasteiger partial charge in [-0.2, -0.15) is 0 Å². The molecule has 0 aromatic heterocycles. The van der Waals surface area contributed by atoms with Crippen molar-refractivity contribution in [2.45, 2.75) is 38.8 Å². The number of piperidine rings is 1. The molecule has 2 aliphatic rings. The monoisotopic (exact) mass is 242 g/mol. The number of hydrogen-bond donors (Lipinski definition) is 2. The molecule has 0 radical (unpaired) electrons. The van der Waals surface area contributed by atoms with E-state index in [-0.39, 0.29) is 12.5 Å². The second-order valence-electron chi connectivity index (χ2n) is 6.10. The first kappa shape index (κ1) is 13.3. The van der Waals surface area contributed by atoms with Gasteiger partial charge in [-0.05, 0) is 31.6 Å². The van der Waals surface area contributed by atoms with Crippen LogP contribution in [0.25, 0.3) is 0 Å². The number of ether oxygens (including phenoxy) is 1. The number of aliphatic hydroxyl groups is 1. The molecule has 4 nitrogen and oxygen atoms in total. The van der Waals surface area contributed by atoms with Gasteiger partial charge >= 0.3 is 0 Å². The highest BCUT2D eigenvalue weighted by Crippen LogP contribution is 2.40. The average molecular weight is 242 g/mol. The molecule has 0 unspecified atom stereocenters. The highest BCUT2D eigenvalue weighted by molar-refractivity contribution is 4.94. The molecule has 0 saturated carbocycles. The summed E-state index contributed by atoms with van der Waals surface area (Å²) in [6.45, 7) is 8.11. The summed E-state index contributed by atoms with van der Waals surface area (Å²) in [5, 5.41) is 9.28. The van der Waals surface area contributed by atoms with Crippen molar-refractivity contribution in [3.8, 4) is 0 Å². The van der Waals surface area contributed by atoms with E-state index in [4.69, 9.17) is 10.5 Å². The summed E-state index contributed by atoms with van der Waals surface area (Å²) in [6, 6.07) is 0. The van der Waals surface area contributed by atoms with Gasteiger partial charge in [0.1, 0.15) is 0 Å². The van der Waals surface area contributed by atoms with E-state index >= 15 is 0 Å². The predicted octanol–water partition coefficient (Wildman–Crippen LogP) is 0.792. The molecule has 2 heterocycles. The van der Waals surface area contributed by atoms with Gasteiger partial charge in [0.25, 0.3) is 0 Å². The van der Waals surface area contributed by atoms with Gasteiger partial charge in [-0.15, -0.1) is 0 Å². The molecule has 2 fully saturated rings. The highest BCUT2D eigenvalue weighted by atomic mass is 16.5. The fraction of sp³-hybridized carbons (Fsp3) is 1.00. The zero-order chi connectivity index (χ0) is 12.5. The molecule has 0 amide bonds. The van der Waals surface area contributed by atoms with E-state index in [1.54, 1.807) is 0 Å². The van der Waals surface area contributed by atoms with Crippen LogP contribution in [-0.4, -0.2) is 48.6 Å². The highest BCUT2D eigenvalue weighted by Gasteiger charge is 2.42. The number of nitrogens with two attached hydrogens (primary N) is 1. The summed E-state index contributed by atoms with van der Waals surface area (Å²) in [6.07, 6.45) is 3.56. The lowest BCUT2D eigenvalue weighted by Crippen LogP contribution is -2.61. The largest absolute Gasteiger partial charge is 0.396 e. The molecule has 2 atom stereocenters. The normalized spacial score (nSPS) is 30.4. The lowest BCUT2D eigenvalue weighted by Gasteiger charge is -2.48. The van der Waals surface area contributed by atoms with E-state index in [2.05, 4.69) is 4.90 Å². The smallest absolute Gasteiger partial charge is 0.0706 e. The molecule has 0 bridgehead atoms. The minimum Gasteiger partial charge on any atom is -0.396 e. The van der Waals surface area contributed by atoms with Crippen LogP contribution < -0.4 is 5.73 Å². The zero-order valence-electron chi connectivity index (χ0n) is 11.1. The van der Waals surface area contributed by atoms with Crippen LogP contribution in [0, 0.1) is 11.3 Å². The predicted molar refractivity (Wildman–Crippen MR) is 67.5 cm³/mol. The average Bonchev–Trinajstić information content (AvgIpc) is 2.77. The standard InChI is InChI=1S/C13H26N2O2/c1-11(9-16)12(2,14)15-6-3-13(4-7-15)5-8-17-10-13/h11,16H,3-10,14H2,1-2H3/t11-,12-/m1/s1. The first-order valence-corrected chi connectivity index (χ1v) is 6.73. The number of hydrogen-bond acceptors (Lipinski definition) is 4. The Morgan fingerprint density at radius 2 is 2.06 bits per heavy atom. The second-order valence-corrected chi connectivity index (χ2v) is 6.10. The third-order valence-corrected chi connectivity index (χ3v) is 4.96. The van der Waals surface area contributed by atoms with Crippen LogP contribution in [0.15, 0.2) is 0 Å². The Labute approximate surface area is 104 Å². The van der Waals surface area contributed by atoms with Crippen LogP contribution in [0.5, 0.6) is 0 Å². The number of nitrogens with zero attached hydrogens (tertiary/aromatic N) is 1. The maximum absolute atomic E-state index is 9.28. The molecule has 0 aliphatic carbocycles. The number of rotatable bonds is 3. The van der Waals surface area contributed by atoms with Crippen molar-refractivity contribution in [1.29, 1.82) is 0 Å². The van der Waals surface area contributed by atoms with E-state index < -0.39 is 5.66 Å². The summed E-state index contributed by atoms with van der Waals surface area (Å²) in [7, 11) is 0. The van der Waals surface area contributed by atoms with Crippen LogP contribution in [0.1, 0.15) is 33.1 Å². The Balaban J connectivity index is 1.94. The van der Waals surface area contributed by atoms with Gasteiger partial charge in [0.2, 0.25) is 0 Å². The van der Waals surface area contributed by atoms with Crippen molar-refractivity contribution in [2.75, 3.05) is 32.9 Å². The quantitative estimate of drug-likeness (QED) is 0.768. The van der Waals surface area contributed by atoms with Crippen molar-refractivity contribution >= 4 is 0 Å². The third kappa shape index (κ3) is 2.50. The maximum atomic E-state index is 9.28. The van der Waals surface area contributed by atoms with Crippen LogP contribution in [0.4, 0.5) is 0 Å². The first-order valence-electron chi connectivity index (χ1n) is 6.73. The number of likely N-dealkylation sites (tertiary alicyclic amines) is 1. The maximum Gasteiger partial charge on any atom is 0.0706 e. The van der Waals surface area contributed by atoms with Crippen LogP contribution in [-0.2, 0) is 4.74 Å².